The van der Waals surface area contributed by atoms with E-state index in [1.54, 1.807) is 34.2 Å². The Morgan fingerprint density at radius 3 is 3.00 bits per heavy atom. The van der Waals surface area contributed by atoms with Gasteiger partial charge in [0.1, 0.15) is 5.01 Å². The molecule has 0 atom stereocenters. The Hall–Kier alpha value is -1.42. The molecule has 0 aliphatic carbocycles. The van der Waals surface area contributed by atoms with E-state index in [4.69, 9.17) is 0 Å². The molecule has 0 fully saturated rings. The summed E-state index contributed by atoms with van der Waals surface area (Å²) in [5.41, 5.74) is 1.02. The number of thiazole rings is 1. The van der Waals surface area contributed by atoms with Crippen LogP contribution in [0.2, 0.25) is 0 Å². The van der Waals surface area contributed by atoms with Crippen molar-refractivity contribution >= 4 is 11.3 Å². The van der Waals surface area contributed by atoms with Crippen LogP contribution in [0.3, 0.4) is 0 Å². The smallest absolute Gasteiger partial charge is 0.250 e. The minimum Gasteiger partial charge on any atom is -0.309 e. The Bertz CT molecular complexity index is 487. The third-order valence-corrected chi connectivity index (χ3v) is 2.82. The Kier molecular flexibility index (Phi) is 2.45. The molecule has 0 aliphatic rings. The summed E-state index contributed by atoms with van der Waals surface area (Å²) in [7, 11) is 0. The first-order valence-corrected chi connectivity index (χ1v) is 5.20. The topological polar surface area (TPSA) is 34.9 Å². The molecule has 4 heteroatoms. The first kappa shape index (κ1) is 9.15. The molecule has 0 saturated carbocycles. The summed E-state index contributed by atoms with van der Waals surface area (Å²) < 4.78 is 1.65. The number of aromatic nitrogens is 2. The molecule has 14 heavy (non-hydrogen) atoms. The van der Waals surface area contributed by atoms with Gasteiger partial charge in [-0.2, -0.15) is 0 Å². The van der Waals surface area contributed by atoms with Gasteiger partial charge < -0.3 is 4.57 Å². The molecule has 2 heterocycles. The molecular formula is C10H10N2OS. The van der Waals surface area contributed by atoms with Gasteiger partial charge in [-0.3, -0.25) is 4.79 Å². The molecule has 2 aromatic heterocycles. The molecular weight excluding hydrogens is 196 g/mol. The van der Waals surface area contributed by atoms with Gasteiger partial charge in [0.15, 0.2) is 0 Å². The van der Waals surface area contributed by atoms with Gasteiger partial charge in [0.05, 0.1) is 6.54 Å². The first-order valence-electron chi connectivity index (χ1n) is 4.32. The van der Waals surface area contributed by atoms with E-state index in [2.05, 4.69) is 4.98 Å². The van der Waals surface area contributed by atoms with Gasteiger partial charge in [-0.1, -0.05) is 6.07 Å². The van der Waals surface area contributed by atoms with E-state index >= 15 is 0 Å². The summed E-state index contributed by atoms with van der Waals surface area (Å²) in [4.78, 5) is 15.7. The average Bonchev–Trinajstić information content (AvgIpc) is 2.56. The molecule has 0 spiro atoms. The van der Waals surface area contributed by atoms with Crippen molar-refractivity contribution in [2.45, 2.75) is 13.5 Å². The number of hydrogen-bond acceptors (Lipinski definition) is 3. The summed E-state index contributed by atoms with van der Waals surface area (Å²) in [6.07, 6.45) is 1.78. The predicted octanol–water partition coefficient (Wildman–Crippen LogP) is 1.66. The largest absolute Gasteiger partial charge is 0.309 e. The van der Waals surface area contributed by atoms with Crippen LogP contribution in [0.15, 0.2) is 34.6 Å². The van der Waals surface area contributed by atoms with Gasteiger partial charge >= 0.3 is 0 Å². The molecule has 0 unspecified atom stereocenters. The van der Waals surface area contributed by atoms with Gasteiger partial charge in [0.2, 0.25) is 0 Å². The second-order valence-corrected chi connectivity index (χ2v) is 3.99. The fourth-order valence-corrected chi connectivity index (χ4v) is 1.98. The molecule has 2 rings (SSSR count). The SMILES string of the molecule is Cc1csc(Cn2ccccc2=O)n1. The zero-order valence-electron chi connectivity index (χ0n) is 7.80. The Morgan fingerprint density at radius 1 is 1.50 bits per heavy atom. The number of hydrogen-bond donors (Lipinski definition) is 0. The highest BCUT2D eigenvalue weighted by Crippen LogP contribution is 2.09. The maximum Gasteiger partial charge on any atom is 0.250 e. The van der Waals surface area contributed by atoms with Gasteiger partial charge in [-0.15, -0.1) is 11.3 Å². The summed E-state index contributed by atoms with van der Waals surface area (Å²) in [6.45, 7) is 2.52. The van der Waals surface area contributed by atoms with Crippen LogP contribution in [0.25, 0.3) is 0 Å². The Labute approximate surface area is 85.7 Å². The zero-order chi connectivity index (χ0) is 9.97. The molecule has 0 bridgehead atoms. The van der Waals surface area contributed by atoms with Crippen molar-refractivity contribution in [3.63, 3.8) is 0 Å². The van der Waals surface area contributed by atoms with Crippen LogP contribution in [0.1, 0.15) is 10.7 Å². The Balaban J connectivity index is 2.27. The molecule has 3 nitrogen and oxygen atoms in total. The predicted molar refractivity (Wildman–Crippen MR) is 56.7 cm³/mol. The average molecular weight is 206 g/mol. The highest BCUT2D eigenvalue weighted by Gasteiger charge is 2.00. The van der Waals surface area contributed by atoms with E-state index < -0.39 is 0 Å². The maximum atomic E-state index is 11.4. The third-order valence-electron chi connectivity index (χ3n) is 1.87. The molecule has 0 N–H and O–H groups in total. The van der Waals surface area contributed by atoms with Gasteiger partial charge in [0, 0.05) is 23.3 Å². The summed E-state index contributed by atoms with van der Waals surface area (Å²) in [6, 6.07) is 5.15. The molecule has 0 radical (unpaired) electrons. The van der Waals surface area contributed by atoms with Crippen LogP contribution in [-0.4, -0.2) is 9.55 Å². The minimum atomic E-state index is 0.0142. The highest BCUT2D eigenvalue weighted by atomic mass is 32.1. The normalized spacial score (nSPS) is 10.4. The van der Waals surface area contributed by atoms with Crippen molar-refractivity contribution in [1.29, 1.82) is 0 Å². The van der Waals surface area contributed by atoms with Crippen LogP contribution < -0.4 is 5.56 Å². The lowest BCUT2D eigenvalue weighted by Gasteiger charge is -2.00. The molecule has 2 aromatic rings. The number of nitrogens with zero attached hydrogens (tertiary/aromatic N) is 2. The van der Waals surface area contributed by atoms with Crippen molar-refractivity contribution < 1.29 is 0 Å². The molecule has 0 amide bonds. The van der Waals surface area contributed by atoms with Crippen molar-refractivity contribution in [3.8, 4) is 0 Å². The van der Waals surface area contributed by atoms with Crippen LogP contribution in [0.4, 0.5) is 0 Å². The standard InChI is InChI=1S/C10H10N2OS/c1-8-7-14-9(11-8)6-12-5-3-2-4-10(12)13/h2-5,7H,6H2,1H3. The third kappa shape index (κ3) is 1.90. The van der Waals surface area contributed by atoms with E-state index in [0.29, 0.717) is 6.54 Å². The summed E-state index contributed by atoms with van der Waals surface area (Å²) in [5, 5.41) is 2.96. The second kappa shape index (κ2) is 3.75. The van der Waals surface area contributed by atoms with Crippen molar-refractivity contribution in [3.05, 3.63) is 50.8 Å². The van der Waals surface area contributed by atoms with Gasteiger partial charge in [0.25, 0.3) is 5.56 Å². The number of pyridine rings is 1. The van der Waals surface area contributed by atoms with E-state index in [9.17, 15) is 4.79 Å². The van der Waals surface area contributed by atoms with Crippen LogP contribution in [0, 0.1) is 6.92 Å². The van der Waals surface area contributed by atoms with E-state index in [1.165, 1.54) is 0 Å². The summed E-state index contributed by atoms with van der Waals surface area (Å²) in [5.74, 6) is 0. The van der Waals surface area contributed by atoms with Crippen molar-refractivity contribution in [2.24, 2.45) is 0 Å². The number of rotatable bonds is 2. The minimum absolute atomic E-state index is 0.0142. The fourth-order valence-electron chi connectivity index (χ4n) is 1.21. The lowest BCUT2D eigenvalue weighted by Crippen LogP contribution is -2.18. The second-order valence-electron chi connectivity index (χ2n) is 3.05. The Morgan fingerprint density at radius 2 is 2.36 bits per heavy atom. The number of aryl methyl sites for hydroxylation is 1. The van der Waals surface area contributed by atoms with Gasteiger partial charge in [-0.05, 0) is 13.0 Å². The van der Waals surface area contributed by atoms with Crippen LogP contribution >= 0.6 is 11.3 Å². The van der Waals surface area contributed by atoms with E-state index in [0.717, 1.165) is 10.7 Å². The monoisotopic (exact) mass is 206 g/mol. The maximum absolute atomic E-state index is 11.4. The van der Waals surface area contributed by atoms with Gasteiger partial charge in [-0.25, -0.2) is 4.98 Å². The zero-order valence-corrected chi connectivity index (χ0v) is 8.62. The molecule has 72 valence electrons. The first-order chi connectivity index (χ1) is 6.75. The summed E-state index contributed by atoms with van der Waals surface area (Å²) >= 11 is 1.58. The van der Waals surface area contributed by atoms with E-state index in [-0.39, 0.29) is 5.56 Å². The lowest BCUT2D eigenvalue weighted by molar-refractivity contribution is 0.752. The molecule has 0 aromatic carbocycles. The quantitative estimate of drug-likeness (QED) is 0.749. The van der Waals surface area contributed by atoms with E-state index in [1.807, 2.05) is 18.4 Å². The molecule has 0 saturated heterocycles. The fraction of sp³-hybridized carbons (Fsp3) is 0.200. The van der Waals surface area contributed by atoms with Crippen molar-refractivity contribution in [2.75, 3.05) is 0 Å². The van der Waals surface area contributed by atoms with Crippen molar-refractivity contribution in [1.82, 2.24) is 9.55 Å². The van der Waals surface area contributed by atoms with Crippen LogP contribution in [0.5, 0.6) is 0 Å². The lowest BCUT2D eigenvalue weighted by atomic mass is 10.4. The molecule has 0 aliphatic heterocycles. The highest BCUT2D eigenvalue weighted by molar-refractivity contribution is 7.09. The van der Waals surface area contributed by atoms with Crippen LogP contribution in [-0.2, 0) is 6.54 Å².